The molecule has 0 saturated heterocycles. The fourth-order valence-corrected chi connectivity index (χ4v) is 2.82. The van der Waals surface area contributed by atoms with Crippen molar-refractivity contribution in [3.05, 3.63) is 35.9 Å². The molecule has 4 nitrogen and oxygen atoms in total. The standard InChI is InChI=1S/C16H23NO3/c1-19-14-11-7-6-10-13(14)17-16(18)15(20-2)12-8-4-3-5-9-12/h3-5,8-9,13-15H,6-7,10-11H2,1-2H3,(H,17,18)/t13-,14-,15-/m0/s1. The lowest BCUT2D eigenvalue weighted by molar-refractivity contribution is -0.133. The van der Waals surface area contributed by atoms with Crippen LogP contribution in [0.3, 0.4) is 0 Å². The molecule has 1 aliphatic carbocycles. The van der Waals surface area contributed by atoms with Crippen LogP contribution in [-0.4, -0.2) is 32.3 Å². The molecule has 1 N–H and O–H groups in total. The maximum atomic E-state index is 12.4. The van der Waals surface area contributed by atoms with Crippen LogP contribution in [0.1, 0.15) is 37.4 Å². The smallest absolute Gasteiger partial charge is 0.254 e. The van der Waals surface area contributed by atoms with E-state index in [-0.39, 0.29) is 18.1 Å². The Morgan fingerprint density at radius 2 is 1.90 bits per heavy atom. The van der Waals surface area contributed by atoms with Crippen LogP contribution in [-0.2, 0) is 14.3 Å². The summed E-state index contributed by atoms with van der Waals surface area (Å²) < 4.78 is 10.8. The number of carbonyl (C=O) groups is 1. The molecule has 0 heterocycles. The Hall–Kier alpha value is -1.39. The Labute approximate surface area is 120 Å². The lowest BCUT2D eigenvalue weighted by atomic mass is 9.92. The van der Waals surface area contributed by atoms with Gasteiger partial charge in [0.05, 0.1) is 12.1 Å². The van der Waals surface area contributed by atoms with E-state index in [4.69, 9.17) is 9.47 Å². The van der Waals surface area contributed by atoms with Gasteiger partial charge in [0, 0.05) is 14.2 Å². The third-order valence-corrected chi connectivity index (χ3v) is 3.91. The third-order valence-electron chi connectivity index (χ3n) is 3.91. The van der Waals surface area contributed by atoms with Crippen LogP contribution in [0, 0.1) is 0 Å². The van der Waals surface area contributed by atoms with Gasteiger partial charge in [-0.05, 0) is 18.4 Å². The van der Waals surface area contributed by atoms with Crippen molar-refractivity contribution in [3.63, 3.8) is 0 Å². The average Bonchev–Trinajstić information content (AvgIpc) is 2.49. The van der Waals surface area contributed by atoms with Crippen molar-refractivity contribution in [2.24, 2.45) is 0 Å². The molecule has 0 aliphatic heterocycles. The fraction of sp³-hybridized carbons (Fsp3) is 0.562. The minimum Gasteiger partial charge on any atom is -0.379 e. The van der Waals surface area contributed by atoms with E-state index >= 15 is 0 Å². The molecular formula is C16H23NO3. The highest BCUT2D eigenvalue weighted by Crippen LogP contribution is 2.23. The molecule has 0 radical (unpaired) electrons. The number of methoxy groups -OCH3 is 2. The molecule has 2 rings (SSSR count). The second-order valence-electron chi connectivity index (χ2n) is 5.20. The molecule has 1 aromatic carbocycles. The van der Waals surface area contributed by atoms with Gasteiger partial charge in [-0.3, -0.25) is 4.79 Å². The highest BCUT2D eigenvalue weighted by Gasteiger charge is 2.29. The van der Waals surface area contributed by atoms with Gasteiger partial charge in [-0.25, -0.2) is 0 Å². The zero-order valence-electron chi connectivity index (χ0n) is 12.2. The lowest BCUT2D eigenvalue weighted by Crippen LogP contribution is -2.47. The zero-order chi connectivity index (χ0) is 14.4. The minimum absolute atomic E-state index is 0.0858. The van der Waals surface area contributed by atoms with Gasteiger partial charge in [0.15, 0.2) is 6.10 Å². The predicted molar refractivity (Wildman–Crippen MR) is 77.4 cm³/mol. The number of ether oxygens (including phenoxy) is 2. The molecule has 1 aliphatic rings. The topological polar surface area (TPSA) is 47.6 Å². The summed E-state index contributed by atoms with van der Waals surface area (Å²) in [6.07, 6.45) is 3.82. The second kappa shape index (κ2) is 7.41. The van der Waals surface area contributed by atoms with Crippen LogP contribution in [0.15, 0.2) is 30.3 Å². The Morgan fingerprint density at radius 3 is 2.55 bits per heavy atom. The predicted octanol–water partition coefficient (Wildman–Crippen LogP) is 2.45. The number of amides is 1. The fourth-order valence-electron chi connectivity index (χ4n) is 2.82. The summed E-state index contributed by atoms with van der Waals surface area (Å²) in [5, 5.41) is 3.08. The number of nitrogens with one attached hydrogen (secondary N) is 1. The van der Waals surface area contributed by atoms with Crippen LogP contribution in [0.2, 0.25) is 0 Å². The highest BCUT2D eigenvalue weighted by atomic mass is 16.5. The Balaban J connectivity index is 2.02. The number of carbonyl (C=O) groups excluding carboxylic acids is 1. The maximum absolute atomic E-state index is 12.4. The largest absolute Gasteiger partial charge is 0.379 e. The molecule has 20 heavy (non-hydrogen) atoms. The van der Waals surface area contributed by atoms with Crippen molar-refractivity contribution in [3.8, 4) is 0 Å². The molecule has 0 bridgehead atoms. The van der Waals surface area contributed by atoms with Crippen molar-refractivity contribution in [1.29, 1.82) is 0 Å². The number of rotatable bonds is 5. The summed E-state index contributed by atoms with van der Waals surface area (Å²) in [4.78, 5) is 12.4. The first kappa shape index (κ1) is 15.0. The van der Waals surface area contributed by atoms with Crippen molar-refractivity contribution in [1.82, 2.24) is 5.32 Å². The minimum atomic E-state index is -0.560. The van der Waals surface area contributed by atoms with E-state index in [1.54, 1.807) is 14.2 Å². The monoisotopic (exact) mass is 277 g/mol. The average molecular weight is 277 g/mol. The Morgan fingerprint density at radius 1 is 1.20 bits per heavy atom. The van der Waals surface area contributed by atoms with E-state index in [1.807, 2.05) is 30.3 Å². The summed E-state index contributed by atoms with van der Waals surface area (Å²) in [6, 6.07) is 9.64. The van der Waals surface area contributed by atoms with Crippen molar-refractivity contribution in [2.45, 2.75) is 43.9 Å². The summed E-state index contributed by atoms with van der Waals surface area (Å²) in [7, 11) is 3.27. The van der Waals surface area contributed by atoms with E-state index in [2.05, 4.69) is 5.32 Å². The van der Waals surface area contributed by atoms with Gasteiger partial charge in [-0.15, -0.1) is 0 Å². The van der Waals surface area contributed by atoms with E-state index < -0.39 is 6.10 Å². The van der Waals surface area contributed by atoms with Crippen LogP contribution >= 0.6 is 0 Å². The first-order valence-corrected chi connectivity index (χ1v) is 7.17. The number of hydrogen-bond acceptors (Lipinski definition) is 3. The van der Waals surface area contributed by atoms with Gasteiger partial charge in [-0.1, -0.05) is 43.2 Å². The Bertz CT molecular complexity index is 421. The SMILES string of the molecule is CO[C@H](C(=O)N[C@H]1CCCC[C@@H]1OC)c1ccccc1. The third kappa shape index (κ3) is 3.58. The molecule has 0 spiro atoms. The molecule has 1 amide bonds. The van der Waals surface area contributed by atoms with Crippen molar-refractivity contribution in [2.75, 3.05) is 14.2 Å². The number of hydrogen-bond donors (Lipinski definition) is 1. The first-order chi connectivity index (χ1) is 9.76. The van der Waals surface area contributed by atoms with Crippen LogP contribution in [0.4, 0.5) is 0 Å². The van der Waals surface area contributed by atoms with E-state index in [0.29, 0.717) is 0 Å². The summed E-state index contributed by atoms with van der Waals surface area (Å²) >= 11 is 0. The molecule has 0 unspecified atom stereocenters. The molecule has 1 saturated carbocycles. The molecule has 4 heteroatoms. The molecule has 110 valence electrons. The molecular weight excluding hydrogens is 254 g/mol. The second-order valence-corrected chi connectivity index (χ2v) is 5.20. The van der Waals surface area contributed by atoms with E-state index in [9.17, 15) is 4.79 Å². The van der Waals surface area contributed by atoms with Gasteiger partial charge in [0.2, 0.25) is 0 Å². The maximum Gasteiger partial charge on any atom is 0.254 e. The quantitative estimate of drug-likeness (QED) is 0.899. The van der Waals surface area contributed by atoms with E-state index in [0.717, 1.165) is 31.2 Å². The van der Waals surface area contributed by atoms with Gasteiger partial charge in [0.25, 0.3) is 5.91 Å². The van der Waals surface area contributed by atoms with Crippen molar-refractivity contribution < 1.29 is 14.3 Å². The van der Waals surface area contributed by atoms with Gasteiger partial charge < -0.3 is 14.8 Å². The van der Waals surface area contributed by atoms with Crippen LogP contribution in [0.25, 0.3) is 0 Å². The van der Waals surface area contributed by atoms with Crippen LogP contribution in [0.5, 0.6) is 0 Å². The molecule has 0 aromatic heterocycles. The highest BCUT2D eigenvalue weighted by molar-refractivity contribution is 5.82. The van der Waals surface area contributed by atoms with E-state index in [1.165, 1.54) is 0 Å². The summed E-state index contributed by atoms with van der Waals surface area (Å²) in [5.74, 6) is -0.0901. The summed E-state index contributed by atoms with van der Waals surface area (Å²) in [5.41, 5.74) is 0.872. The normalized spacial score (nSPS) is 24.1. The Kier molecular flexibility index (Phi) is 5.56. The molecule has 3 atom stereocenters. The van der Waals surface area contributed by atoms with Crippen molar-refractivity contribution >= 4 is 5.91 Å². The first-order valence-electron chi connectivity index (χ1n) is 7.17. The molecule has 1 fully saturated rings. The number of benzene rings is 1. The van der Waals surface area contributed by atoms with Gasteiger partial charge >= 0.3 is 0 Å². The zero-order valence-corrected chi connectivity index (χ0v) is 12.2. The lowest BCUT2D eigenvalue weighted by Gasteiger charge is -2.32. The van der Waals surface area contributed by atoms with Crippen LogP contribution < -0.4 is 5.32 Å². The van der Waals surface area contributed by atoms with Gasteiger partial charge in [-0.2, -0.15) is 0 Å². The van der Waals surface area contributed by atoms with Gasteiger partial charge in [0.1, 0.15) is 0 Å². The molecule has 1 aromatic rings. The summed E-state index contributed by atoms with van der Waals surface area (Å²) in [6.45, 7) is 0.